The van der Waals surface area contributed by atoms with Crippen LogP contribution >= 0.6 is 11.3 Å². The SMILES string of the molecule is CC1CCCCN1CC1CCN(c2nc(=O)c3cc(C(F)(F)F)cc([N+](=O)[O-])c3s2)CC1. The van der Waals surface area contributed by atoms with E-state index >= 15 is 0 Å². The highest BCUT2D eigenvalue weighted by Crippen LogP contribution is 2.39. The van der Waals surface area contributed by atoms with Gasteiger partial charge in [0.2, 0.25) is 0 Å². The zero-order valence-electron chi connectivity index (χ0n) is 17.7. The number of non-ortho nitro benzene ring substituents is 1. The first-order valence-electron chi connectivity index (χ1n) is 10.8. The van der Waals surface area contributed by atoms with Crippen molar-refractivity contribution in [2.75, 3.05) is 31.1 Å². The molecule has 0 N–H and O–H groups in total. The Hall–Kier alpha value is -2.27. The van der Waals surface area contributed by atoms with Crippen molar-refractivity contribution in [3.8, 4) is 0 Å². The van der Waals surface area contributed by atoms with Crippen molar-refractivity contribution < 1.29 is 18.1 Å². The zero-order valence-corrected chi connectivity index (χ0v) is 18.5. The first kappa shape index (κ1) is 22.9. The molecule has 2 aliphatic heterocycles. The monoisotopic (exact) mass is 470 g/mol. The molecule has 2 fully saturated rings. The summed E-state index contributed by atoms with van der Waals surface area (Å²) in [7, 11) is 0. The summed E-state index contributed by atoms with van der Waals surface area (Å²) in [5.74, 6) is 0.535. The van der Waals surface area contributed by atoms with Gasteiger partial charge in [-0.1, -0.05) is 17.8 Å². The Balaban J connectivity index is 1.56. The second-order valence-corrected chi connectivity index (χ2v) is 9.68. The van der Waals surface area contributed by atoms with Crippen LogP contribution in [-0.4, -0.2) is 47.0 Å². The highest BCUT2D eigenvalue weighted by Gasteiger charge is 2.34. The molecule has 1 unspecified atom stereocenters. The molecule has 32 heavy (non-hydrogen) atoms. The lowest BCUT2D eigenvalue weighted by Crippen LogP contribution is -2.44. The van der Waals surface area contributed by atoms with E-state index in [2.05, 4.69) is 16.8 Å². The van der Waals surface area contributed by atoms with Crippen LogP contribution in [0.2, 0.25) is 0 Å². The van der Waals surface area contributed by atoms with Crippen LogP contribution in [0.3, 0.4) is 0 Å². The molecule has 0 amide bonds. The Morgan fingerprint density at radius 1 is 1.19 bits per heavy atom. The van der Waals surface area contributed by atoms with Crippen LogP contribution in [0.25, 0.3) is 10.1 Å². The Kier molecular flexibility index (Phi) is 6.39. The fraction of sp³-hybridized carbons (Fsp3) is 0.619. The summed E-state index contributed by atoms with van der Waals surface area (Å²) in [6, 6.07) is 1.74. The number of piperidine rings is 2. The Morgan fingerprint density at radius 3 is 2.53 bits per heavy atom. The van der Waals surface area contributed by atoms with Crippen LogP contribution in [-0.2, 0) is 6.18 Å². The molecule has 1 aromatic heterocycles. The van der Waals surface area contributed by atoms with Crippen LogP contribution in [0, 0.1) is 16.0 Å². The molecule has 174 valence electrons. The fourth-order valence-electron chi connectivity index (χ4n) is 4.64. The third kappa shape index (κ3) is 4.73. The summed E-state index contributed by atoms with van der Waals surface area (Å²) in [6.45, 7) is 5.76. The molecule has 11 heteroatoms. The van der Waals surface area contributed by atoms with Gasteiger partial charge in [-0.05, 0) is 51.1 Å². The van der Waals surface area contributed by atoms with E-state index in [0.717, 1.165) is 37.3 Å². The van der Waals surface area contributed by atoms with Gasteiger partial charge in [0.05, 0.1) is 15.9 Å². The van der Waals surface area contributed by atoms with Crippen LogP contribution < -0.4 is 10.5 Å². The second-order valence-electron chi connectivity index (χ2n) is 8.70. The van der Waals surface area contributed by atoms with E-state index in [9.17, 15) is 28.1 Å². The van der Waals surface area contributed by atoms with Gasteiger partial charge in [-0.25, -0.2) is 0 Å². The van der Waals surface area contributed by atoms with Gasteiger partial charge in [0.15, 0.2) is 5.13 Å². The fourth-order valence-corrected chi connectivity index (χ4v) is 5.76. The Bertz CT molecular complexity index is 1070. The third-order valence-electron chi connectivity index (χ3n) is 6.53. The molecule has 0 radical (unpaired) electrons. The number of fused-ring (bicyclic) bond motifs is 1. The lowest BCUT2D eigenvalue weighted by Gasteiger charge is -2.39. The number of anilines is 1. The van der Waals surface area contributed by atoms with Gasteiger partial charge in [0.1, 0.15) is 4.70 Å². The van der Waals surface area contributed by atoms with Crippen molar-refractivity contribution >= 4 is 32.2 Å². The molecule has 0 bridgehead atoms. The molecule has 0 aliphatic carbocycles. The first-order valence-corrected chi connectivity index (χ1v) is 11.6. The molecule has 4 rings (SSSR count). The average Bonchev–Trinajstić information content (AvgIpc) is 2.74. The molecule has 0 saturated carbocycles. The predicted molar refractivity (Wildman–Crippen MR) is 117 cm³/mol. The van der Waals surface area contributed by atoms with Crippen molar-refractivity contribution in [3.63, 3.8) is 0 Å². The maximum absolute atomic E-state index is 13.1. The smallest absolute Gasteiger partial charge is 0.348 e. The average molecular weight is 471 g/mol. The minimum Gasteiger partial charge on any atom is -0.348 e. The van der Waals surface area contributed by atoms with Gasteiger partial charge in [-0.2, -0.15) is 18.2 Å². The van der Waals surface area contributed by atoms with E-state index in [1.54, 1.807) is 0 Å². The standard InChI is InChI=1S/C21H25F3N4O3S/c1-13-4-2-3-7-27(13)12-14-5-8-26(9-6-14)20-25-19(29)16-10-15(21(22,23)24)11-17(28(30)31)18(16)32-20/h10-11,13-14H,2-9,12H2,1H3. The number of nitrogens with zero attached hydrogens (tertiary/aromatic N) is 4. The second kappa shape index (κ2) is 8.93. The lowest BCUT2D eigenvalue weighted by molar-refractivity contribution is -0.383. The van der Waals surface area contributed by atoms with Crippen LogP contribution in [0.1, 0.15) is 44.6 Å². The van der Waals surface area contributed by atoms with Gasteiger partial charge in [0, 0.05) is 31.7 Å². The van der Waals surface area contributed by atoms with Gasteiger partial charge >= 0.3 is 6.18 Å². The highest BCUT2D eigenvalue weighted by atomic mass is 32.1. The number of aromatic nitrogens is 1. The summed E-state index contributed by atoms with van der Waals surface area (Å²) in [4.78, 5) is 31.6. The lowest BCUT2D eigenvalue weighted by atomic mass is 9.94. The number of nitro groups is 1. The summed E-state index contributed by atoms with van der Waals surface area (Å²) in [5, 5.41) is 11.4. The van der Waals surface area contributed by atoms with E-state index in [-0.39, 0.29) is 10.1 Å². The molecule has 2 aliphatic rings. The number of likely N-dealkylation sites (tertiary alicyclic amines) is 1. The summed E-state index contributed by atoms with van der Waals surface area (Å²) < 4.78 is 39.3. The largest absolute Gasteiger partial charge is 0.416 e. The molecule has 2 aromatic rings. The van der Waals surface area contributed by atoms with E-state index in [0.29, 0.717) is 42.3 Å². The van der Waals surface area contributed by atoms with Gasteiger partial charge in [0.25, 0.3) is 11.2 Å². The normalized spacial score (nSPS) is 21.2. The van der Waals surface area contributed by atoms with Gasteiger partial charge in [-0.3, -0.25) is 14.9 Å². The van der Waals surface area contributed by atoms with E-state index in [1.165, 1.54) is 19.3 Å². The molecular weight excluding hydrogens is 445 g/mol. The number of hydrogen-bond donors (Lipinski definition) is 0. The molecule has 2 saturated heterocycles. The Labute approximate surface area is 187 Å². The maximum atomic E-state index is 13.1. The number of benzene rings is 1. The molecular formula is C21H25F3N4O3S. The summed E-state index contributed by atoms with van der Waals surface area (Å²) >= 11 is 0.915. The predicted octanol–water partition coefficient (Wildman–Crippen LogP) is 4.67. The van der Waals surface area contributed by atoms with E-state index < -0.39 is 27.9 Å². The number of hydrogen-bond acceptors (Lipinski definition) is 7. The van der Waals surface area contributed by atoms with E-state index in [4.69, 9.17) is 0 Å². The quantitative estimate of drug-likeness (QED) is 0.477. The maximum Gasteiger partial charge on any atom is 0.416 e. The molecule has 1 aromatic carbocycles. The van der Waals surface area contributed by atoms with Gasteiger partial charge in [-0.15, -0.1) is 0 Å². The van der Waals surface area contributed by atoms with Crippen molar-refractivity contribution in [1.82, 2.24) is 9.88 Å². The molecule has 0 spiro atoms. The topological polar surface area (TPSA) is 79.6 Å². The molecule has 7 nitrogen and oxygen atoms in total. The summed E-state index contributed by atoms with van der Waals surface area (Å²) in [5.41, 5.74) is -2.80. The zero-order chi connectivity index (χ0) is 23.0. The van der Waals surface area contributed by atoms with Crippen LogP contribution in [0.4, 0.5) is 24.0 Å². The number of alkyl halides is 3. The Morgan fingerprint density at radius 2 is 1.91 bits per heavy atom. The van der Waals surface area contributed by atoms with Crippen molar-refractivity contribution in [2.45, 2.75) is 51.2 Å². The summed E-state index contributed by atoms with van der Waals surface area (Å²) in [6.07, 6.45) is 0.773. The third-order valence-corrected chi connectivity index (χ3v) is 7.70. The van der Waals surface area contributed by atoms with Crippen molar-refractivity contribution in [2.24, 2.45) is 5.92 Å². The molecule has 3 heterocycles. The molecule has 1 atom stereocenters. The number of rotatable bonds is 4. The van der Waals surface area contributed by atoms with Gasteiger partial charge < -0.3 is 9.80 Å². The van der Waals surface area contributed by atoms with Crippen molar-refractivity contribution in [3.05, 3.63) is 38.2 Å². The van der Waals surface area contributed by atoms with Crippen molar-refractivity contribution in [1.29, 1.82) is 0 Å². The minimum absolute atomic E-state index is 0.0673. The van der Waals surface area contributed by atoms with Crippen LogP contribution in [0.15, 0.2) is 16.9 Å². The van der Waals surface area contributed by atoms with E-state index in [1.807, 2.05) is 4.90 Å². The highest BCUT2D eigenvalue weighted by molar-refractivity contribution is 7.22. The minimum atomic E-state index is -4.79. The number of halogens is 3. The van der Waals surface area contributed by atoms with Crippen LogP contribution in [0.5, 0.6) is 0 Å². The number of nitro benzene ring substituents is 1. The first-order chi connectivity index (χ1) is 15.1.